The standard InChI is InChI=1S/C22H29N3O3/c1-15(8-9-17-6-4-3-5-7-17)24-21(27)16(2)25-22(28)20(23)14-18-10-12-19(26)13-11-18/h3-7,10-13,15-16,20,26H,8-9,14,23H2,1-2H3,(H,24,27)(H,25,28)/t15?,16-,20+/m1/s1. The monoisotopic (exact) mass is 383 g/mol. The highest BCUT2D eigenvalue weighted by molar-refractivity contribution is 5.89. The van der Waals surface area contributed by atoms with Crippen molar-refractivity contribution < 1.29 is 14.7 Å². The van der Waals surface area contributed by atoms with E-state index in [1.165, 1.54) is 5.56 Å². The average Bonchev–Trinajstić information content (AvgIpc) is 2.68. The topological polar surface area (TPSA) is 104 Å². The number of hydrogen-bond donors (Lipinski definition) is 4. The molecule has 0 saturated carbocycles. The Bertz CT molecular complexity index is 762. The summed E-state index contributed by atoms with van der Waals surface area (Å²) in [5, 5.41) is 14.9. The van der Waals surface area contributed by atoms with Gasteiger partial charge in [-0.15, -0.1) is 0 Å². The molecule has 28 heavy (non-hydrogen) atoms. The fourth-order valence-electron chi connectivity index (χ4n) is 2.83. The fraction of sp³-hybridized carbons (Fsp3) is 0.364. The van der Waals surface area contributed by atoms with Gasteiger partial charge >= 0.3 is 0 Å². The van der Waals surface area contributed by atoms with E-state index in [9.17, 15) is 14.7 Å². The summed E-state index contributed by atoms with van der Waals surface area (Å²) >= 11 is 0. The summed E-state index contributed by atoms with van der Waals surface area (Å²) in [6.07, 6.45) is 2.02. The molecule has 0 aromatic heterocycles. The molecule has 6 nitrogen and oxygen atoms in total. The van der Waals surface area contributed by atoms with E-state index in [2.05, 4.69) is 22.8 Å². The summed E-state index contributed by atoms with van der Waals surface area (Å²) in [5.41, 5.74) is 8.01. The van der Waals surface area contributed by atoms with Crippen molar-refractivity contribution in [3.05, 3.63) is 65.7 Å². The van der Waals surface area contributed by atoms with E-state index in [4.69, 9.17) is 5.73 Å². The van der Waals surface area contributed by atoms with Gasteiger partial charge in [-0.2, -0.15) is 0 Å². The van der Waals surface area contributed by atoms with Crippen LogP contribution in [-0.2, 0) is 22.4 Å². The predicted molar refractivity (Wildman–Crippen MR) is 110 cm³/mol. The molecule has 2 aromatic rings. The van der Waals surface area contributed by atoms with Crippen LogP contribution >= 0.6 is 0 Å². The molecule has 3 atom stereocenters. The minimum absolute atomic E-state index is 0.00210. The van der Waals surface area contributed by atoms with Crippen LogP contribution in [0.15, 0.2) is 54.6 Å². The van der Waals surface area contributed by atoms with Crippen LogP contribution in [-0.4, -0.2) is 35.0 Å². The number of benzene rings is 2. The molecule has 0 aliphatic carbocycles. The minimum atomic E-state index is -0.768. The quantitative estimate of drug-likeness (QED) is 0.531. The Hall–Kier alpha value is -2.86. The summed E-state index contributed by atoms with van der Waals surface area (Å²) in [6, 6.07) is 15.2. The van der Waals surface area contributed by atoms with E-state index < -0.39 is 12.1 Å². The number of amides is 2. The first-order valence-corrected chi connectivity index (χ1v) is 9.53. The lowest BCUT2D eigenvalue weighted by Gasteiger charge is -2.20. The van der Waals surface area contributed by atoms with Gasteiger partial charge in [-0.1, -0.05) is 42.5 Å². The molecular weight excluding hydrogens is 354 g/mol. The van der Waals surface area contributed by atoms with Crippen LogP contribution in [0.5, 0.6) is 5.75 Å². The zero-order valence-electron chi connectivity index (χ0n) is 16.4. The summed E-state index contributed by atoms with van der Waals surface area (Å²) in [5.74, 6) is -0.452. The Balaban J connectivity index is 1.75. The lowest BCUT2D eigenvalue weighted by molar-refractivity contribution is -0.129. The first kappa shape index (κ1) is 21.4. The summed E-state index contributed by atoms with van der Waals surface area (Å²) < 4.78 is 0. The molecular formula is C22H29N3O3. The predicted octanol–water partition coefficient (Wildman–Crippen LogP) is 1.90. The maximum absolute atomic E-state index is 12.3. The van der Waals surface area contributed by atoms with Gasteiger partial charge in [0.15, 0.2) is 0 Å². The normalized spacial score (nSPS) is 14.0. The van der Waals surface area contributed by atoms with Crippen LogP contribution in [0.3, 0.4) is 0 Å². The number of nitrogens with two attached hydrogens (primary N) is 1. The second-order valence-corrected chi connectivity index (χ2v) is 7.14. The Labute approximate surface area is 166 Å². The third kappa shape index (κ3) is 7.04. The maximum Gasteiger partial charge on any atom is 0.242 e. The molecule has 0 aliphatic rings. The van der Waals surface area contributed by atoms with Crippen LogP contribution in [0.1, 0.15) is 31.4 Å². The van der Waals surface area contributed by atoms with Crippen molar-refractivity contribution in [3.63, 3.8) is 0 Å². The van der Waals surface area contributed by atoms with Gasteiger partial charge in [0.25, 0.3) is 0 Å². The minimum Gasteiger partial charge on any atom is -0.508 e. The smallest absolute Gasteiger partial charge is 0.242 e. The summed E-state index contributed by atoms with van der Waals surface area (Å²) in [4.78, 5) is 24.6. The molecule has 0 bridgehead atoms. The maximum atomic E-state index is 12.3. The third-order valence-electron chi connectivity index (χ3n) is 4.58. The molecule has 0 radical (unpaired) electrons. The van der Waals surface area contributed by atoms with Gasteiger partial charge in [-0.25, -0.2) is 0 Å². The van der Waals surface area contributed by atoms with Crippen molar-refractivity contribution in [2.75, 3.05) is 0 Å². The third-order valence-corrected chi connectivity index (χ3v) is 4.58. The molecule has 0 aliphatic heterocycles. The van der Waals surface area contributed by atoms with Gasteiger partial charge in [-0.05, 0) is 56.4 Å². The molecule has 0 heterocycles. The zero-order valence-corrected chi connectivity index (χ0v) is 16.4. The van der Waals surface area contributed by atoms with E-state index in [0.717, 1.165) is 18.4 Å². The van der Waals surface area contributed by atoms with Gasteiger partial charge in [0, 0.05) is 6.04 Å². The van der Waals surface area contributed by atoms with E-state index in [0.29, 0.717) is 6.42 Å². The number of aromatic hydroxyl groups is 1. The van der Waals surface area contributed by atoms with Crippen molar-refractivity contribution >= 4 is 11.8 Å². The molecule has 0 spiro atoms. The van der Waals surface area contributed by atoms with Crippen molar-refractivity contribution in [1.82, 2.24) is 10.6 Å². The highest BCUT2D eigenvalue weighted by atomic mass is 16.3. The van der Waals surface area contributed by atoms with Crippen molar-refractivity contribution in [2.24, 2.45) is 5.73 Å². The van der Waals surface area contributed by atoms with Gasteiger partial charge < -0.3 is 21.5 Å². The van der Waals surface area contributed by atoms with E-state index >= 15 is 0 Å². The number of carbonyl (C=O) groups excluding carboxylic acids is 2. The number of carbonyl (C=O) groups is 2. The van der Waals surface area contributed by atoms with E-state index in [1.54, 1.807) is 31.2 Å². The number of rotatable bonds is 9. The van der Waals surface area contributed by atoms with Crippen LogP contribution in [0.2, 0.25) is 0 Å². The lowest BCUT2D eigenvalue weighted by Crippen LogP contribution is -2.52. The Morgan fingerprint density at radius 1 is 0.929 bits per heavy atom. The number of hydrogen-bond acceptors (Lipinski definition) is 4. The number of phenolic OH excluding ortho intramolecular Hbond substituents is 1. The Morgan fingerprint density at radius 2 is 1.57 bits per heavy atom. The van der Waals surface area contributed by atoms with Gasteiger partial charge in [0.1, 0.15) is 11.8 Å². The van der Waals surface area contributed by atoms with Crippen molar-refractivity contribution in [2.45, 2.75) is 51.2 Å². The van der Waals surface area contributed by atoms with Gasteiger partial charge in [-0.3, -0.25) is 9.59 Å². The van der Waals surface area contributed by atoms with Crippen LogP contribution < -0.4 is 16.4 Å². The van der Waals surface area contributed by atoms with E-state index in [-0.39, 0.29) is 23.6 Å². The molecule has 6 heteroatoms. The van der Waals surface area contributed by atoms with Gasteiger partial charge in [0.2, 0.25) is 11.8 Å². The zero-order chi connectivity index (χ0) is 20.5. The second kappa shape index (κ2) is 10.5. The van der Waals surface area contributed by atoms with Crippen molar-refractivity contribution in [3.8, 4) is 5.75 Å². The van der Waals surface area contributed by atoms with Gasteiger partial charge in [0.05, 0.1) is 6.04 Å². The fourth-order valence-corrected chi connectivity index (χ4v) is 2.83. The number of aryl methyl sites for hydroxylation is 1. The highest BCUT2D eigenvalue weighted by Gasteiger charge is 2.21. The second-order valence-electron chi connectivity index (χ2n) is 7.14. The molecule has 2 aromatic carbocycles. The Morgan fingerprint density at radius 3 is 2.21 bits per heavy atom. The SMILES string of the molecule is CC(CCc1ccccc1)NC(=O)[C@@H](C)NC(=O)[C@@H](N)Cc1ccc(O)cc1. The largest absolute Gasteiger partial charge is 0.508 e. The highest BCUT2D eigenvalue weighted by Crippen LogP contribution is 2.11. The average molecular weight is 383 g/mol. The van der Waals surface area contributed by atoms with Crippen molar-refractivity contribution in [1.29, 1.82) is 0 Å². The number of nitrogens with one attached hydrogen (secondary N) is 2. The van der Waals surface area contributed by atoms with Crippen LogP contribution in [0.25, 0.3) is 0 Å². The molecule has 150 valence electrons. The molecule has 0 fully saturated rings. The lowest BCUT2D eigenvalue weighted by atomic mass is 10.1. The van der Waals surface area contributed by atoms with Crippen LogP contribution in [0, 0.1) is 0 Å². The van der Waals surface area contributed by atoms with E-state index in [1.807, 2.05) is 25.1 Å². The first-order chi connectivity index (χ1) is 13.3. The molecule has 2 amide bonds. The Kier molecular flexibility index (Phi) is 8.02. The molecule has 5 N–H and O–H groups in total. The number of phenols is 1. The summed E-state index contributed by atoms with van der Waals surface area (Å²) in [6.45, 7) is 3.59. The first-order valence-electron chi connectivity index (χ1n) is 9.53. The molecule has 0 saturated heterocycles. The molecule has 2 rings (SSSR count). The molecule has 1 unspecified atom stereocenters. The van der Waals surface area contributed by atoms with Crippen LogP contribution in [0.4, 0.5) is 0 Å². The summed E-state index contributed by atoms with van der Waals surface area (Å²) in [7, 11) is 0.